The van der Waals surface area contributed by atoms with Gasteiger partial charge in [-0.1, -0.05) is 13.8 Å². The largest absolute Gasteiger partial charge is 0.465 e. The summed E-state index contributed by atoms with van der Waals surface area (Å²) in [5.41, 5.74) is 4.64. The van der Waals surface area contributed by atoms with Crippen LogP contribution in [-0.4, -0.2) is 40.0 Å². The third-order valence-electron chi connectivity index (χ3n) is 5.52. The highest BCUT2D eigenvalue weighted by Crippen LogP contribution is 2.38. The van der Waals surface area contributed by atoms with E-state index >= 15 is 0 Å². The number of amides is 1. The Balaban J connectivity index is 2.38. The molecule has 0 saturated heterocycles. The van der Waals surface area contributed by atoms with Gasteiger partial charge in [-0.25, -0.2) is 10.2 Å². The second-order valence-electron chi connectivity index (χ2n) is 8.75. The zero-order valence-electron chi connectivity index (χ0n) is 20.2. The second-order valence-corrected chi connectivity index (χ2v) is 8.75. The highest BCUT2D eigenvalue weighted by atomic mass is 16.6. The average Bonchev–Trinajstić information content (AvgIpc) is 3.41. The Morgan fingerprint density at radius 1 is 1.09 bits per heavy atom. The van der Waals surface area contributed by atoms with Gasteiger partial charge in [-0.2, -0.15) is 5.10 Å². The highest BCUT2D eigenvalue weighted by Gasteiger charge is 2.35. The van der Waals surface area contributed by atoms with E-state index in [9.17, 15) is 9.59 Å². The molecule has 2 aromatic heterocycles. The molecule has 176 valence electrons. The second kappa shape index (κ2) is 10.5. The molecule has 0 aliphatic carbocycles. The van der Waals surface area contributed by atoms with Gasteiger partial charge in [0.1, 0.15) is 11.5 Å². The molecule has 0 aliphatic heterocycles. The van der Waals surface area contributed by atoms with Crippen molar-refractivity contribution in [2.24, 2.45) is 5.10 Å². The van der Waals surface area contributed by atoms with Crippen LogP contribution in [0.3, 0.4) is 0 Å². The summed E-state index contributed by atoms with van der Waals surface area (Å²) in [6.07, 6.45) is 2.98. The van der Waals surface area contributed by atoms with Crippen LogP contribution in [0.2, 0.25) is 0 Å². The number of rotatable bonds is 9. The van der Waals surface area contributed by atoms with Crippen LogP contribution in [-0.2, 0) is 19.7 Å². The number of aromatic amines is 2. The molecule has 0 aromatic carbocycles. The molecule has 2 heterocycles. The molecular weight excluding hydrogens is 408 g/mol. The molecule has 1 amide bonds. The summed E-state index contributed by atoms with van der Waals surface area (Å²) in [5.74, 6) is -1.22. The van der Waals surface area contributed by atoms with Gasteiger partial charge in [0.15, 0.2) is 0 Å². The molecule has 8 heteroatoms. The maximum Gasteiger partial charge on any atom is 0.428 e. The van der Waals surface area contributed by atoms with Crippen molar-refractivity contribution in [2.75, 3.05) is 6.61 Å². The first-order valence-electron chi connectivity index (χ1n) is 11.1. The van der Waals surface area contributed by atoms with Gasteiger partial charge in [0, 0.05) is 28.7 Å². The Hall–Kier alpha value is -3.03. The zero-order chi connectivity index (χ0) is 23.9. The molecule has 1 atom stereocenters. The quantitative estimate of drug-likeness (QED) is 0.287. The Morgan fingerprint density at radius 2 is 1.78 bits per heavy atom. The fourth-order valence-electron chi connectivity index (χ4n) is 3.89. The molecule has 1 unspecified atom stereocenters. The normalized spacial score (nSPS) is 13.5. The van der Waals surface area contributed by atoms with Crippen LogP contribution in [0.15, 0.2) is 35.6 Å². The number of ether oxygens (including phenoxy) is 2. The lowest BCUT2D eigenvalue weighted by Gasteiger charge is -2.30. The average molecular weight is 445 g/mol. The topological polar surface area (TPSA) is 109 Å². The number of aromatic nitrogens is 2. The van der Waals surface area contributed by atoms with Gasteiger partial charge in [0.25, 0.3) is 0 Å². The third-order valence-corrected chi connectivity index (χ3v) is 5.52. The fourth-order valence-corrected chi connectivity index (χ4v) is 3.89. The summed E-state index contributed by atoms with van der Waals surface area (Å²) < 4.78 is 10.5. The number of carbonyl (C=O) groups excluding carboxylic acids is 2. The SMILES string of the molecule is CCOC(=O)C(/C(C)=N/NC(=O)OC(C)(C)C)c1ccc(C(CC)(CC)c2ccc[nH]2)[nH]1. The van der Waals surface area contributed by atoms with Crippen molar-refractivity contribution in [3.63, 3.8) is 0 Å². The smallest absolute Gasteiger partial charge is 0.428 e. The molecule has 0 saturated carbocycles. The minimum Gasteiger partial charge on any atom is -0.465 e. The number of hydrogen-bond acceptors (Lipinski definition) is 5. The third kappa shape index (κ3) is 5.81. The Morgan fingerprint density at radius 3 is 2.31 bits per heavy atom. The van der Waals surface area contributed by atoms with E-state index in [-0.39, 0.29) is 12.0 Å². The summed E-state index contributed by atoms with van der Waals surface area (Å²) in [4.78, 5) is 31.6. The van der Waals surface area contributed by atoms with Crippen molar-refractivity contribution in [3.8, 4) is 0 Å². The van der Waals surface area contributed by atoms with Crippen molar-refractivity contribution < 1.29 is 19.1 Å². The standard InChI is InChI=1S/C24H36N4O4/c1-8-24(9-2,18-12-11-15-25-18)19-14-13-17(26-19)20(21(29)31-10-3)16(4)27-28-22(30)32-23(5,6)7/h11-15,20,25-26H,8-10H2,1-7H3,(H,28,30)/b27-16+. The number of hydrazone groups is 1. The van der Waals surface area contributed by atoms with Gasteiger partial charge in [-0.05, 0) is 71.7 Å². The van der Waals surface area contributed by atoms with Crippen LogP contribution >= 0.6 is 0 Å². The molecule has 0 radical (unpaired) electrons. The minimum absolute atomic E-state index is 0.235. The van der Waals surface area contributed by atoms with Crippen LogP contribution in [0.1, 0.15) is 84.3 Å². The maximum absolute atomic E-state index is 12.8. The molecule has 0 fully saturated rings. The molecule has 8 nitrogen and oxygen atoms in total. The van der Waals surface area contributed by atoms with Crippen molar-refractivity contribution >= 4 is 17.8 Å². The first kappa shape index (κ1) is 25.2. The number of hydrogen-bond donors (Lipinski definition) is 3. The van der Waals surface area contributed by atoms with Gasteiger partial charge in [0.05, 0.1) is 12.3 Å². The Kier molecular flexibility index (Phi) is 8.30. The van der Waals surface area contributed by atoms with Crippen LogP contribution < -0.4 is 5.43 Å². The van der Waals surface area contributed by atoms with Gasteiger partial charge < -0.3 is 19.4 Å². The Bertz CT molecular complexity index is 918. The summed E-state index contributed by atoms with van der Waals surface area (Å²) >= 11 is 0. The van der Waals surface area contributed by atoms with E-state index in [2.05, 4.69) is 40.4 Å². The number of nitrogens with zero attached hydrogens (tertiary/aromatic N) is 1. The van der Waals surface area contributed by atoms with Crippen molar-refractivity contribution in [2.45, 2.75) is 78.2 Å². The summed E-state index contributed by atoms with van der Waals surface area (Å²) in [7, 11) is 0. The van der Waals surface area contributed by atoms with Gasteiger partial charge >= 0.3 is 12.1 Å². The molecule has 0 aliphatic rings. The van der Waals surface area contributed by atoms with Crippen LogP contribution in [0.5, 0.6) is 0 Å². The molecular formula is C24H36N4O4. The molecule has 2 aromatic rings. The van der Waals surface area contributed by atoms with E-state index in [1.54, 1.807) is 34.6 Å². The number of H-pyrrole nitrogens is 2. The van der Waals surface area contributed by atoms with Crippen molar-refractivity contribution in [1.82, 2.24) is 15.4 Å². The van der Waals surface area contributed by atoms with E-state index in [0.29, 0.717) is 11.4 Å². The number of carbonyl (C=O) groups is 2. The predicted molar refractivity (Wildman–Crippen MR) is 125 cm³/mol. The molecule has 3 N–H and O–H groups in total. The van der Waals surface area contributed by atoms with Crippen LogP contribution in [0.25, 0.3) is 0 Å². The van der Waals surface area contributed by atoms with E-state index in [1.165, 1.54) is 0 Å². The zero-order valence-corrected chi connectivity index (χ0v) is 20.2. The number of esters is 1. The molecule has 2 rings (SSSR count). The lowest BCUT2D eigenvalue weighted by Crippen LogP contribution is -2.32. The maximum atomic E-state index is 12.8. The summed E-state index contributed by atoms with van der Waals surface area (Å²) in [6.45, 7) is 13.3. The monoisotopic (exact) mass is 444 g/mol. The highest BCUT2D eigenvalue weighted by molar-refractivity contribution is 6.06. The molecule has 0 spiro atoms. The van der Waals surface area contributed by atoms with E-state index in [4.69, 9.17) is 9.47 Å². The molecule has 32 heavy (non-hydrogen) atoms. The van der Waals surface area contributed by atoms with E-state index in [0.717, 1.165) is 24.2 Å². The predicted octanol–water partition coefficient (Wildman–Crippen LogP) is 5.00. The summed E-state index contributed by atoms with van der Waals surface area (Å²) in [5, 5.41) is 4.12. The van der Waals surface area contributed by atoms with Gasteiger partial charge in [0.2, 0.25) is 0 Å². The van der Waals surface area contributed by atoms with Crippen molar-refractivity contribution in [1.29, 1.82) is 0 Å². The van der Waals surface area contributed by atoms with Gasteiger partial charge in [-0.15, -0.1) is 0 Å². The van der Waals surface area contributed by atoms with Crippen LogP contribution in [0, 0.1) is 0 Å². The first-order valence-corrected chi connectivity index (χ1v) is 11.1. The lowest BCUT2D eigenvalue weighted by atomic mass is 9.76. The number of nitrogens with one attached hydrogen (secondary N) is 3. The minimum atomic E-state index is -0.784. The van der Waals surface area contributed by atoms with E-state index in [1.807, 2.05) is 24.4 Å². The van der Waals surface area contributed by atoms with Gasteiger partial charge in [-0.3, -0.25) is 4.79 Å². The first-order chi connectivity index (χ1) is 15.1. The van der Waals surface area contributed by atoms with Crippen molar-refractivity contribution in [3.05, 3.63) is 47.5 Å². The Labute approximate surface area is 190 Å². The summed E-state index contributed by atoms with van der Waals surface area (Å²) in [6, 6.07) is 7.95. The lowest BCUT2D eigenvalue weighted by molar-refractivity contribution is -0.143. The van der Waals surface area contributed by atoms with Crippen LogP contribution in [0.4, 0.5) is 4.79 Å². The van der Waals surface area contributed by atoms with E-state index < -0.39 is 23.6 Å². The fraction of sp³-hybridized carbons (Fsp3) is 0.542. The molecule has 0 bridgehead atoms.